The maximum absolute atomic E-state index is 11.7. The first-order valence-electron chi connectivity index (χ1n) is 5.90. The molecule has 0 spiro atoms. The van der Waals surface area contributed by atoms with Gasteiger partial charge in [0.05, 0.1) is 18.6 Å². The number of carboxylic acids is 1. The van der Waals surface area contributed by atoms with Gasteiger partial charge in [0.15, 0.2) is 0 Å². The van der Waals surface area contributed by atoms with Crippen molar-refractivity contribution in [2.75, 3.05) is 26.2 Å². The Morgan fingerprint density at radius 1 is 1.41 bits per heavy atom. The lowest BCUT2D eigenvalue weighted by Gasteiger charge is -2.30. The molecule has 1 atom stereocenters. The average Bonchev–Trinajstić information content (AvgIpc) is 2.28. The number of hydrogen-bond acceptors (Lipinski definition) is 4. The molecule has 1 aliphatic rings. The van der Waals surface area contributed by atoms with E-state index in [1.54, 1.807) is 11.8 Å². The molecule has 98 valence electrons. The van der Waals surface area contributed by atoms with Crippen LogP contribution in [0.5, 0.6) is 0 Å². The van der Waals surface area contributed by atoms with Crippen LogP contribution in [-0.2, 0) is 9.59 Å². The molecule has 0 bridgehead atoms. The van der Waals surface area contributed by atoms with E-state index in [1.165, 1.54) is 0 Å². The topological polar surface area (TPSA) is 89.9 Å². The summed E-state index contributed by atoms with van der Waals surface area (Å²) in [5, 5.41) is 20.7. The van der Waals surface area contributed by atoms with Gasteiger partial charge in [-0.05, 0) is 19.8 Å². The summed E-state index contributed by atoms with van der Waals surface area (Å²) < 4.78 is 0. The van der Waals surface area contributed by atoms with Crippen LogP contribution in [0.15, 0.2) is 0 Å². The Bertz CT molecular complexity index is 273. The van der Waals surface area contributed by atoms with E-state index in [2.05, 4.69) is 5.32 Å². The highest BCUT2D eigenvalue weighted by Gasteiger charge is 2.26. The van der Waals surface area contributed by atoms with Gasteiger partial charge < -0.3 is 20.4 Å². The first-order valence-corrected chi connectivity index (χ1v) is 5.90. The number of piperidine rings is 1. The van der Waals surface area contributed by atoms with Gasteiger partial charge in [-0.15, -0.1) is 0 Å². The van der Waals surface area contributed by atoms with E-state index in [9.17, 15) is 9.59 Å². The van der Waals surface area contributed by atoms with Crippen LogP contribution in [0.2, 0.25) is 0 Å². The molecule has 1 rings (SSSR count). The summed E-state index contributed by atoms with van der Waals surface area (Å²) in [7, 11) is 0. The summed E-state index contributed by atoms with van der Waals surface area (Å²) in [6.45, 7) is 3.24. The number of nitrogens with zero attached hydrogens (tertiary/aromatic N) is 1. The van der Waals surface area contributed by atoms with Gasteiger partial charge in [-0.2, -0.15) is 0 Å². The van der Waals surface area contributed by atoms with Crippen LogP contribution in [0.4, 0.5) is 0 Å². The first-order chi connectivity index (χ1) is 8.00. The van der Waals surface area contributed by atoms with Crippen molar-refractivity contribution in [3.05, 3.63) is 0 Å². The number of carboxylic acid groups (broad SMARTS) is 1. The summed E-state index contributed by atoms with van der Waals surface area (Å²) in [6, 6.07) is 0. The number of aliphatic hydroxyl groups excluding tert-OH is 1. The van der Waals surface area contributed by atoms with Gasteiger partial charge in [0, 0.05) is 19.6 Å². The lowest BCUT2D eigenvalue weighted by atomic mass is 9.97. The molecule has 0 aromatic heterocycles. The molecule has 3 N–H and O–H groups in total. The van der Waals surface area contributed by atoms with Crippen LogP contribution in [-0.4, -0.2) is 59.3 Å². The Balaban J connectivity index is 2.24. The zero-order chi connectivity index (χ0) is 12.8. The Kier molecular flexibility index (Phi) is 5.37. The van der Waals surface area contributed by atoms with Gasteiger partial charge in [0.1, 0.15) is 0 Å². The summed E-state index contributed by atoms with van der Waals surface area (Å²) in [5.74, 6) is -1.12. The molecule has 0 aromatic rings. The zero-order valence-corrected chi connectivity index (χ0v) is 10.1. The summed E-state index contributed by atoms with van der Waals surface area (Å²) in [4.78, 5) is 24.1. The number of likely N-dealkylation sites (tertiary alicyclic amines) is 1. The monoisotopic (exact) mass is 244 g/mol. The van der Waals surface area contributed by atoms with Crippen molar-refractivity contribution in [2.24, 2.45) is 5.92 Å². The number of rotatable bonds is 5. The number of carbonyl (C=O) groups is 2. The van der Waals surface area contributed by atoms with Crippen molar-refractivity contribution in [1.82, 2.24) is 10.2 Å². The normalized spacial score (nSPS) is 19.1. The largest absolute Gasteiger partial charge is 0.481 e. The number of amides is 1. The molecule has 0 aliphatic carbocycles. The van der Waals surface area contributed by atoms with Crippen LogP contribution in [0.25, 0.3) is 0 Å². The average molecular weight is 244 g/mol. The predicted octanol–water partition coefficient (Wildman–Crippen LogP) is -0.720. The molecule has 1 unspecified atom stereocenters. The highest BCUT2D eigenvalue weighted by atomic mass is 16.4. The van der Waals surface area contributed by atoms with Gasteiger partial charge in [-0.25, -0.2) is 0 Å². The fraction of sp³-hybridized carbons (Fsp3) is 0.818. The van der Waals surface area contributed by atoms with E-state index < -0.39 is 12.1 Å². The third-order valence-electron chi connectivity index (χ3n) is 2.91. The van der Waals surface area contributed by atoms with Gasteiger partial charge in [-0.1, -0.05) is 0 Å². The second-order valence-corrected chi connectivity index (χ2v) is 4.47. The molecular weight excluding hydrogens is 224 g/mol. The van der Waals surface area contributed by atoms with E-state index in [1.807, 2.05) is 0 Å². The van der Waals surface area contributed by atoms with E-state index in [-0.39, 0.29) is 18.4 Å². The molecule has 6 heteroatoms. The third kappa shape index (κ3) is 4.70. The highest BCUT2D eigenvalue weighted by molar-refractivity contribution is 5.78. The number of carbonyl (C=O) groups excluding carboxylic acids is 1. The molecule has 6 nitrogen and oxygen atoms in total. The van der Waals surface area contributed by atoms with Gasteiger partial charge in [0.2, 0.25) is 5.91 Å². The van der Waals surface area contributed by atoms with E-state index in [4.69, 9.17) is 10.2 Å². The van der Waals surface area contributed by atoms with Crippen molar-refractivity contribution >= 4 is 11.9 Å². The molecule has 1 heterocycles. The number of hydrogen-bond donors (Lipinski definition) is 3. The van der Waals surface area contributed by atoms with Gasteiger partial charge in [-0.3, -0.25) is 9.59 Å². The minimum atomic E-state index is -0.774. The zero-order valence-electron chi connectivity index (χ0n) is 10.1. The minimum absolute atomic E-state index is 0.0329. The summed E-state index contributed by atoms with van der Waals surface area (Å²) in [5.41, 5.74) is 0. The molecule has 0 saturated carbocycles. The Labute approximate surface area is 101 Å². The Hall–Kier alpha value is -1.14. The fourth-order valence-corrected chi connectivity index (χ4v) is 1.88. The molecule has 1 saturated heterocycles. The van der Waals surface area contributed by atoms with Crippen molar-refractivity contribution in [3.8, 4) is 0 Å². The third-order valence-corrected chi connectivity index (χ3v) is 2.91. The van der Waals surface area contributed by atoms with Crippen LogP contribution < -0.4 is 5.32 Å². The number of aliphatic carboxylic acids is 1. The molecule has 1 aliphatic heterocycles. The molecule has 1 fully saturated rings. The molecule has 0 aromatic carbocycles. The lowest BCUT2D eigenvalue weighted by molar-refractivity contribution is -0.145. The van der Waals surface area contributed by atoms with Crippen LogP contribution in [0.3, 0.4) is 0 Å². The van der Waals surface area contributed by atoms with Gasteiger partial charge >= 0.3 is 5.97 Å². The second-order valence-electron chi connectivity index (χ2n) is 4.47. The molecular formula is C11H20N2O4. The number of nitrogens with one attached hydrogen (secondary N) is 1. The highest BCUT2D eigenvalue weighted by Crippen LogP contribution is 2.16. The van der Waals surface area contributed by atoms with Crippen LogP contribution in [0.1, 0.15) is 19.8 Å². The summed E-state index contributed by atoms with van der Waals surface area (Å²) in [6.07, 6.45) is 0.579. The van der Waals surface area contributed by atoms with Crippen LogP contribution in [0, 0.1) is 5.92 Å². The van der Waals surface area contributed by atoms with E-state index in [0.717, 1.165) is 0 Å². The first kappa shape index (κ1) is 13.9. The predicted molar refractivity (Wildman–Crippen MR) is 61.5 cm³/mol. The van der Waals surface area contributed by atoms with E-state index in [0.29, 0.717) is 32.5 Å². The Morgan fingerprint density at radius 2 is 2.00 bits per heavy atom. The molecule has 17 heavy (non-hydrogen) atoms. The smallest absolute Gasteiger partial charge is 0.306 e. The minimum Gasteiger partial charge on any atom is -0.481 e. The van der Waals surface area contributed by atoms with Crippen molar-refractivity contribution < 1.29 is 19.8 Å². The lowest BCUT2D eigenvalue weighted by Crippen LogP contribution is -2.44. The molecule has 1 amide bonds. The Morgan fingerprint density at radius 3 is 2.47 bits per heavy atom. The standard InChI is InChI=1S/C11H20N2O4/c1-8(14)6-12-7-10(15)13-4-2-9(3-5-13)11(16)17/h8-9,12,14H,2-7H2,1H3,(H,16,17). The van der Waals surface area contributed by atoms with Crippen molar-refractivity contribution in [3.63, 3.8) is 0 Å². The van der Waals surface area contributed by atoms with Crippen molar-refractivity contribution in [2.45, 2.75) is 25.9 Å². The second kappa shape index (κ2) is 6.56. The maximum Gasteiger partial charge on any atom is 0.306 e. The van der Waals surface area contributed by atoms with Crippen LogP contribution >= 0.6 is 0 Å². The quantitative estimate of drug-likeness (QED) is 0.594. The summed E-state index contributed by atoms with van der Waals surface area (Å²) >= 11 is 0. The van der Waals surface area contributed by atoms with Crippen molar-refractivity contribution in [1.29, 1.82) is 0 Å². The van der Waals surface area contributed by atoms with E-state index >= 15 is 0 Å². The van der Waals surface area contributed by atoms with Gasteiger partial charge in [0.25, 0.3) is 0 Å². The fourth-order valence-electron chi connectivity index (χ4n) is 1.88. The molecule has 0 radical (unpaired) electrons. The maximum atomic E-state index is 11.7. The number of aliphatic hydroxyl groups is 1. The SMILES string of the molecule is CC(O)CNCC(=O)N1CCC(C(=O)O)CC1.